The van der Waals surface area contributed by atoms with Crippen molar-refractivity contribution in [3.8, 4) is 16.9 Å². The van der Waals surface area contributed by atoms with Crippen molar-refractivity contribution < 1.29 is 4.79 Å². The SMILES string of the molecule is CN(C)[C@@H](CNC(=O)c1cn(-c2ccccc2)nc1-c1ccccc1)c1cccs1. The summed E-state index contributed by atoms with van der Waals surface area (Å²) in [5.74, 6) is -0.126. The minimum Gasteiger partial charge on any atom is -0.350 e. The van der Waals surface area contributed by atoms with Crippen molar-refractivity contribution in [1.82, 2.24) is 20.0 Å². The van der Waals surface area contributed by atoms with Crippen LogP contribution < -0.4 is 5.32 Å². The molecule has 0 aliphatic carbocycles. The van der Waals surface area contributed by atoms with E-state index in [0.717, 1.165) is 11.3 Å². The second-order valence-electron chi connectivity index (χ2n) is 7.24. The minimum atomic E-state index is -0.126. The summed E-state index contributed by atoms with van der Waals surface area (Å²) in [5.41, 5.74) is 3.07. The number of likely N-dealkylation sites (N-methyl/N-ethyl adjacent to an activating group) is 1. The van der Waals surface area contributed by atoms with Gasteiger partial charge in [0.25, 0.3) is 5.91 Å². The molecule has 0 spiro atoms. The molecule has 6 heteroatoms. The van der Waals surface area contributed by atoms with Gasteiger partial charge in [0, 0.05) is 23.2 Å². The zero-order valence-electron chi connectivity index (χ0n) is 17.0. The maximum absolute atomic E-state index is 13.2. The molecule has 1 atom stereocenters. The summed E-state index contributed by atoms with van der Waals surface area (Å²) in [6.45, 7) is 0.525. The van der Waals surface area contributed by atoms with E-state index >= 15 is 0 Å². The maximum atomic E-state index is 13.2. The number of thiophene rings is 1. The fourth-order valence-corrected chi connectivity index (χ4v) is 4.29. The van der Waals surface area contributed by atoms with E-state index in [4.69, 9.17) is 5.10 Å². The molecule has 2 aromatic heterocycles. The van der Waals surface area contributed by atoms with E-state index < -0.39 is 0 Å². The number of carbonyl (C=O) groups is 1. The first kappa shape index (κ1) is 20.1. The molecule has 1 N–H and O–H groups in total. The van der Waals surface area contributed by atoms with Gasteiger partial charge in [-0.05, 0) is 37.7 Å². The van der Waals surface area contributed by atoms with Crippen LogP contribution in [0.15, 0.2) is 84.4 Å². The Hall–Kier alpha value is -3.22. The van der Waals surface area contributed by atoms with Crippen LogP contribution in [0.4, 0.5) is 0 Å². The molecule has 0 aliphatic rings. The molecule has 0 saturated heterocycles. The summed E-state index contributed by atoms with van der Waals surface area (Å²) in [6.07, 6.45) is 1.81. The lowest BCUT2D eigenvalue weighted by molar-refractivity contribution is 0.0943. The van der Waals surface area contributed by atoms with E-state index in [0.29, 0.717) is 17.8 Å². The van der Waals surface area contributed by atoms with Crippen LogP contribution in [0, 0.1) is 0 Å². The first-order valence-corrected chi connectivity index (χ1v) is 10.7. The van der Waals surface area contributed by atoms with Crippen molar-refractivity contribution in [2.45, 2.75) is 6.04 Å². The number of aromatic nitrogens is 2. The molecule has 5 nitrogen and oxygen atoms in total. The lowest BCUT2D eigenvalue weighted by Gasteiger charge is -2.23. The third-order valence-electron chi connectivity index (χ3n) is 4.98. The van der Waals surface area contributed by atoms with Crippen molar-refractivity contribution in [3.05, 3.63) is 94.8 Å². The van der Waals surface area contributed by atoms with Gasteiger partial charge in [-0.2, -0.15) is 5.10 Å². The van der Waals surface area contributed by atoms with Gasteiger partial charge in [0.1, 0.15) is 5.69 Å². The topological polar surface area (TPSA) is 50.2 Å². The second kappa shape index (κ2) is 9.07. The predicted octanol–water partition coefficient (Wildman–Crippen LogP) is 4.63. The molecule has 2 aromatic carbocycles. The van der Waals surface area contributed by atoms with E-state index in [1.165, 1.54) is 4.88 Å². The van der Waals surface area contributed by atoms with Gasteiger partial charge < -0.3 is 10.2 Å². The lowest BCUT2D eigenvalue weighted by Crippen LogP contribution is -2.34. The number of carbonyl (C=O) groups excluding carboxylic acids is 1. The Morgan fingerprint density at radius 2 is 1.73 bits per heavy atom. The first-order chi connectivity index (χ1) is 14.6. The Kier molecular flexibility index (Phi) is 6.07. The van der Waals surface area contributed by atoms with Gasteiger partial charge in [0.2, 0.25) is 0 Å². The van der Waals surface area contributed by atoms with E-state index in [2.05, 4.69) is 21.7 Å². The number of rotatable bonds is 7. The van der Waals surface area contributed by atoms with Crippen molar-refractivity contribution in [2.75, 3.05) is 20.6 Å². The molecule has 0 fully saturated rings. The Balaban J connectivity index is 1.63. The summed E-state index contributed by atoms with van der Waals surface area (Å²) in [5, 5.41) is 9.91. The van der Waals surface area contributed by atoms with Gasteiger partial charge in [0.15, 0.2) is 0 Å². The van der Waals surface area contributed by atoms with Crippen LogP contribution in [-0.2, 0) is 0 Å². The molecule has 2 heterocycles. The zero-order valence-corrected chi connectivity index (χ0v) is 17.8. The molecule has 1 amide bonds. The summed E-state index contributed by atoms with van der Waals surface area (Å²) in [7, 11) is 4.05. The number of nitrogens with zero attached hydrogens (tertiary/aromatic N) is 3. The molecule has 0 radical (unpaired) electrons. The van der Waals surface area contributed by atoms with Crippen molar-refractivity contribution in [2.24, 2.45) is 0 Å². The third-order valence-corrected chi connectivity index (χ3v) is 5.95. The van der Waals surface area contributed by atoms with Gasteiger partial charge in [-0.1, -0.05) is 54.6 Å². The van der Waals surface area contributed by atoms with Gasteiger partial charge in [0.05, 0.1) is 17.3 Å². The molecule has 4 aromatic rings. The smallest absolute Gasteiger partial charge is 0.255 e. The Morgan fingerprint density at radius 3 is 2.37 bits per heavy atom. The summed E-state index contributed by atoms with van der Waals surface area (Å²) < 4.78 is 1.76. The molecule has 0 saturated carbocycles. The number of hydrogen-bond donors (Lipinski definition) is 1. The van der Waals surface area contributed by atoms with Crippen LogP contribution in [0.3, 0.4) is 0 Å². The Morgan fingerprint density at radius 1 is 1.03 bits per heavy atom. The lowest BCUT2D eigenvalue weighted by atomic mass is 10.1. The van der Waals surface area contributed by atoms with E-state index in [-0.39, 0.29) is 11.9 Å². The predicted molar refractivity (Wildman–Crippen MR) is 122 cm³/mol. The molecule has 0 unspecified atom stereocenters. The van der Waals surface area contributed by atoms with Crippen molar-refractivity contribution in [3.63, 3.8) is 0 Å². The number of hydrogen-bond acceptors (Lipinski definition) is 4. The number of nitrogens with one attached hydrogen (secondary N) is 1. The Bertz CT molecular complexity index is 1090. The largest absolute Gasteiger partial charge is 0.350 e. The van der Waals surface area contributed by atoms with Crippen LogP contribution in [0.25, 0.3) is 16.9 Å². The minimum absolute atomic E-state index is 0.123. The van der Waals surface area contributed by atoms with Crippen LogP contribution in [0.2, 0.25) is 0 Å². The summed E-state index contributed by atoms with van der Waals surface area (Å²) >= 11 is 1.70. The number of amides is 1. The van der Waals surface area contributed by atoms with E-state index in [9.17, 15) is 4.79 Å². The van der Waals surface area contributed by atoms with Gasteiger partial charge in [-0.3, -0.25) is 4.79 Å². The van der Waals surface area contributed by atoms with Gasteiger partial charge in [-0.25, -0.2) is 4.68 Å². The Labute approximate surface area is 180 Å². The van der Waals surface area contributed by atoms with Crippen molar-refractivity contribution >= 4 is 17.2 Å². The summed E-state index contributed by atoms with van der Waals surface area (Å²) in [4.78, 5) is 16.5. The average Bonchev–Trinajstić information content (AvgIpc) is 3.45. The molecule has 0 bridgehead atoms. The average molecular weight is 417 g/mol. The van der Waals surface area contributed by atoms with Gasteiger partial charge in [-0.15, -0.1) is 11.3 Å². The van der Waals surface area contributed by atoms with E-state index in [1.54, 1.807) is 16.0 Å². The van der Waals surface area contributed by atoms with Crippen LogP contribution >= 0.6 is 11.3 Å². The number of para-hydroxylation sites is 1. The van der Waals surface area contributed by atoms with Crippen molar-refractivity contribution in [1.29, 1.82) is 0 Å². The molecule has 152 valence electrons. The second-order valence-corrected chi connectivity index (χ2v) is 8.22. The molecule has 0 aliphatic heterocycles. The monoisotopic (exact) mass is 416 g/mol. The fraction of sp³-hybridized carbons (Fsp3) is 0.167. The highest BCUT2D eigenvalue weighted by Crippen LogP contribution is 2.25. The first-order valence-electron chi connectivity index (χ1n) is 9.82. The molecular formula is C24H24N4OS. The molecule has 4 rings (SSSR count). The van der Waals surface area contributed by atoms with Gasteiger partial charge >= 0.3 is 0 Å². The standard InChI is InChI=1S/C24H24N4OS/c1-27(2)21(22-14-9-15-30-22)16-25-24(29)20-17-28(19-12-7-4-8-13-19)26-23(20)18-10-5-3-6-11-18/h3-15,17,21H,16H2,1-2H3,(H,25,29)/t21-/m0/s1. The zero-order chi connectivity index (χ0) is 20.9. The van der Waals surface area contributed by atoms with E-state index in [1.807, 2.05) is 87.0 Å². The normalized spacial score (nSPS) is 12.1. The fourth-order valence-electron chi connectivity index (χ4n) is 3.37. The third kappa shape index (κ3) is 4.35. The quantitative estimate of drug-likeness (QED) is 0.478. The maximum Gasteiger partial charge on any atom is 0.255 e. The highest BCUT2D eigenvalue weighted by Gasteiger charge is 2.21. The molecular weight excluding hydrogens is 392 g/mol. The van der Waals surface area contributed by atoms with Crippen LogP contribution in [-0.4, -0.2) is 41.2 Å². The van der Waals surface area contributed by atoms with Crippen LogP contribution in [0.1, 0.15) is 21.3 Å². The molecule has 30 heavy (non-hydrogen) atoms. The summed E-state index contributed by atoms with van der Waals surface area (Å²) in [6, 6.07) is 23.9. The highest BCUT2D eigenvalue weighted by molar-refractivity contribution is 7.10. The number of benzene rings is 2. The van der Waals surface area contributed by atoms with Crippen LogP contribution in [0.5, 0.6) is 0 Å². The highest BCUT2D eigenvalue weighted by atomic mass is 32.1.